The molecule has 0 unspecified atom stereocenters. The maximum Gasteiger partial charge on any atom is 0.159 e. The van der Waals surface area contributed by atoms with Crippen LogP contribution in [0, 0.1) is 6.92 Å². The van der Waals surface area contributed by atoms with E-state index in [-0.39, 0.29) is 6.29 Å². The highest BCUT2D eigenvalue weighted by Crippen LogP contribution is 2.19. The highest BCUT2D eigenvalue weighted by molar-refractivity contribution is 5.66. The van der Waals surface area contributed by atoms with Gasteiger partial charge in [-0.2, -0.15) is 0 Å². The van der Waals surface area contributed by atoms with Crippen molar-refractivity contribution in [2.45, 2.75) is 33.5 Å². The molecule has 0 fully saturated rings. The molecule has 0 heterocycles. The van der Waals surface area contributed by atoms with Crippen LogP contribution in [0.25, 0.3) is 0 Å². The molecule has 102 valence electrons. The van der Waals surface area contributed by atoms with Gasteiger partial charge >= 0.3 is 0 Å². The summed E-state index contributed by atoms with van der Waals surface area (Å²) in [6.07, 6.45) is 0.661. The molecule has 1 aromatic rings. The molecule has 0 saturated heterocycles. The van der Waals surface area contributed by atoms with E-state index in [4.69, 9.17) is 15.2 Å². The molecule has 0 bridgehead atoms. The molecular weight excluding hydrogens is 228 g/mol. The third-order valence-corrected chi connectivity index (χ3v) is 2.61. The molecule has 0 aliphatic heterocycles. The summed E-state index contributed by atoms with van der Waals surface area (Å²) in [5.41, 5.74) is 8.84. The van der Waals surface area contributed by atoms with Gasteiger partial charge in [-0.1, -0.05) is 6.07 Å². The summed E-state index contributed by atoms with van der Waals surface area (Å²) >= 11 is 0. The number of nitrogens with two attached hydrogens (primary N) is 1. The van der Waals surface area contributed by atoms with Crippen molar-refractivity contribution in [2.75, 3.05) is 30.8 Å². The first-order chi connectivity index (χ1) is 8.67. The molecule has 1 aromatic carbocycles. The number of nitrogens with one attached hydrogen (secondary N) is 1. The Balaban J connectivity index is 2.39. The molecule has 0 aromatic heterocycles. The first kappa shape index (κ1) is 14.8. The van der Waals surface area contributed by atoms with Gasteiger partial charge in [-0.15, -0.1) is 0 Å². The van der Waals surface area contributed by atoms with Crippen LogP contribution in [0.2, 0.25) is 0 Å². The second-order valence-electron chi connectivity index (χ2n) is 4.15. The van der Waals surface area contributed by atoms with Gasteiger partial charge in [0.15, 0.2) is 6.29 Å². The smallest absolute Gasteiger partial charge is 0.159 e. The summed E-state index contributed by atoms with van der Waals surface area (Å²) in [6, 6.07) is 6.01. The predicted octanol–water partition coefficient (Wildman–Crippen LogP) is 2.78. The van der Waals surface area contributed by atoms with E-state index in [1.165, 1.54) is 5.56 Å². The van der Waals surface area contributed by atoms with Crippen LogP contribution in [0.15, 0.2) is 18.2 Å². The standard InChI is InChI=1S/C14H24N2O2/c1-4-17-14(18-5-2)8-9-16-13-7-6-11(3)10-12(13)15/h6-7,10,14,16H,4-5,8-9,15H2,1-3H3. The van der Waals surface area contributed by atoms with Crippen LogP contribution in [-0.2, 0) is 9.47 Å². The largest absolute Gasteiger partial charge is 0.397 e. The molecule has 18 heavy (non-hydrogen) atoms. The lowest BCUT2D eigenvalue weighted by Crippen LogP contribution is -2.21. The molecule has 0 saturated carbocycles. The summed E-state index contributed by atoms with van der Waals surface area (Å²) in [4.78, 5) is 0. The first-order valence-electron chi connectivity index (χ1n) is 6.50. The SMILES string of the molecule is CCOC(CCNc1ccc(C)cc1N)OCC. The van der Waals surface area contributed by atoms with Gasteiger partial charge in [0.25, 0.3) is 0 Å². The normalized spacial score (nSPS) is 10.9. The van der Waals surface area contributed by atoms with Crippen molar-refractivity contribution >= 4 is 11.4 Å². The second kappa shape index (κ2) is 7.95. The molecule has 0 aliphatic rings. The number of aryl methyl sites for hydroxylation is 1. The Morgan fingerprint density at radius 3 is 2.44 bits per heavy atom. The van der Waals surface area contributed by atoms with Crippen molar-refractivity contribution in [1.29, 1.82) is 0 Å². The van der Waals surface area contributed by atoms with Gasteiger partial charge in [0.1, 0.15) is 0 Å². The highest BCUT2D eigenvalue weighted by Gasteiger charge is 2.07. The van der Waals surface area contributed by atoms with E-state index in [9.17, 15) is 0 Å². The Morgan fingerprint density at radius 2 is 1.89 bits per heavy atom. The lowest BCUT2D eigenvalue weighted by atomic mass is 10.2. The minimum absolute atomic E-state index is 0.140. The van der Waals surface area contributed by atoms with E-state index in [0.717, 1.165) is 24.3 Å². The number of anilines is 2. The third-order valence-electron chi connectivity index (χ3n) is 2.61. The molecule has 0 aliphatic carbocycles. The number of nitrogen functional groups attached to an aromatic ring is 1. The van der Waals surface area contributed by atoms with E-state index in [0.29, 0.717) is 13.2 Å². The summed E-state index contributed by atoms with van der Waals surface area (Å²) < 4.78 is 11.0. The van der Waals surface area contributed by atoms with Gasteiger partial charge in [-0.3, -0.25) is 0 Å². The Morgan fingerprint density at radius 1 is 1.22 bits per heavy atom. The molecule has 3 N–H and O–H groups in total. The highest BCUT2D eigenvalue weighted by atomic mass is 16.7. The fourth-order valence-electron chi connectivity index (χ4n) is 1.75. The molecule has 0 spiro atoms. The lowest BCUT2D eigenvalue weighted by Gasteiger charge is -2.17. The summed E-state index contributed by atoms with van der Waals surface area (Å²) in [5, 5.41) is 3.30. The van der Waals surface area contributed by atoms with E-state index in [2.05, 4.69) is 5.32 Å². The van der Waals surface area contributed by atoms with Gasteiger partial charge in [-0.25, -0.2) is 0 Å². The molecule has 1 rings (SSSR count). The van der Waals surface area contributed by atoms with E-state index in [1.807, 2.05) is 39.0 Å². The summed E-state index contributed by atoms with van der Waals surface area (Å²) in [6.45, 7) is 8.07. The average Bonchev–Trinajstić information content (AvgIpc) is 2.32. The van der Waals surface area contributed by atoms with Gasteiger partial charge in [0.2, 0.25) is 0 Å². The quantitative estimate of drug-likeness (QED) is 0.552. The monoisotopic (exact) mass is 252 g/mol. The fraction of sp³-hybridized carbons (Fsp3) is 0.571. The van der Waals surface area contributed by atoms with Crippen LogP contribution in [0.1, 0.15) is 25.8 Å². The molecule has 0 amide bonds. The zero-order valence-corrected chi connectivity index (χ0v) is 11.5. The van der Waals surface area contributed by atoms with Crippen LogP contribution in [-0.4, -0.2) is 26.0 Å². The van der Waals surface area contributed by atoms with E-state index in [1.54, 1.807) is 0 Å². The molecule has 0 radical (unpaired) electrons. The Labute approximate surface area is 109 Å². The van der Waals surface area contributed by atoms with Gasteiger partial charge in [0, 0.05) is 26.2 Å². The van der Waals surface area contributed by atoms with Crippen LogP contribution in [0.5, 0.6) is 0 Å². The minimum atomic E-state index is -0.140. The molecule has 0 atom stereocenters. The Kier molecular flexibility index (Phi) is 6.54. The zero-order valence-electron chi connectivity index (χ0n) is 11.5. The predicted molar refractivity (Wildman–Crippen MR) is 75.7 cm³/mol. The van der Waals surface area contributed by atoms with Gasteiger partial charge < -0.3 is 20.5 Å². The van der Waals surface area contributed by atoms with Crippen molar-refractivity contribution in [1.82, 2.24) is 0 Å². The van der Waals surface area contributed by atoms with Crippen molar-refractivity contribution in [3.63, 3.8) is 0 Å². The molecule has 4 heteroatoms. The van der Waals surface area contributed by atoms with Crippen molar-refractivity contribution in [3.05, 3.63) is 23.8 Å². The third kappa shape index (κ3) is 4.94. The van der Waals surface area contributed by atoms with Gasteiger partial charge in [0.05, 0.1) is 11.4 Å². The number of hydrogen-bond donors (Lipinski definition) is 2. The van der Waals surface area contributed by atoms with Crippen LogP contribution < -0.4 is 11.1 Å². The van der Waals surface area contributed by atoms with E-state index >= 15 is 0 Å². The first-order valence-corrected chi connectivity index (χ1v) is 6.50. The lowest BCUT2D eigenvalue weighted by molar-refractivity contribution is -0.137. The number of benzene rings is 1. The number of rotatable bonds is 8. The second-order valence-corrected chi connectivity index (χ2v) is 4.15. The topological polar surface area (TPSA) is 56.5 Å². The number of hydrogen-bond acceptors (Lipinski definition) is 4. The maximum atomic E-state index is 5.93. The van der Waals surface area contributed by atoms with Crippen LogP contribution in [0.3, 0.4) is 0 Å². The zero-order chi connectivity index (χ0) is 13.4. The summed E-state index contributed by atoms with van der Waals surface area (Å²) in [7, 11) is 0. The van der Waals surface area contributed by atoms with Crippen molar-refractivity contribution in [3.8, 4) is 0 Å². The minimum Gasteiger partial charge on any atom is -0.397 e. The Hall–Kier alpha value is -1.26. The average molecular weight is 252 g/mol. The summed E-state index contributed by atoms with van der Waals surface area (Å²) in [5.74, 6) is 0. The number of ether oxygens (including phenoxy) is 2. The van der Waals surface area contributed by atoms with Crippen LogP contribution in [0.4, 0.5) is 11.4 Å². The molecule has 4 nitrogen and oxygen atoms in total. The van der Waals surface area contributed by atoms with E-state index < -0.39 is 0 Å². The van der Waals surface area contributed by atoms with Crippen molar-refractivity contribution in [2.24, 2.45) is 0 Å². The molecular formula is C14H24N2O2. The van der Waals surface area contributed by atoms with Crippen molar-refractivity contribution < 1.29 is 9.47 Å². The van der Waals surface area contributed by atoms with Gasteiger partial charge in [-0.05, 0) is 38.5 Å². The van der Waals surface area contributed by atoms with Crippen LogP contribution >= 0.6 is 0 Å². The maximum absolute atomic E-state index is 5.93. The fourth-order valence-corrected chi connectivity index (χ4v) is 1.75. The Bertz CT molecular complexity index is 350.